The average molecular weight is 229 g/mol. The number of nitrogens with zero attached hydrogens (tertiary/aromatic N) is 2. The molecular formula is C11H17ClN2O. The minimum atomic E-state index is -0.220. The minimum Gasteiger partial charge on any atom is -0.472 e. The molecule has 0 aliphatic carbocycles. The molecule has 4 heteroatoms. The van der Waals surface area contributed by atoms with E-state index in [1.54, 1.807) is 6.07 Å². The zero-order valence-corrected chi connectivity index (χ0v) is 10.4. The highest BCUT2D eigenvalue weighted by atomic mass is 35.5. The van der Waals surface area contributed by atoms with E-state index >= 15 is 0 Å². The summed E-state index contributed by atoms with van der Waals surface area (Å²) in [5.41, 5.74) is -0.220. The van der Waals surface area contributed by atoms with Crippen LogP contribution < -0.4 is 4.74 Å². The molecular weight excluding hydrogens is 212 g/mol. The van der Waals surface area contributed by atoms with Gasteiger partial charge in [0.2, 0.25) is 5.88 Å². The Kier molecular flexibility index (Phi) is 3.91. The Morgan fingerprint density at radius 2 is 2.00 bits per heavy atom. The van der Waals surface area contributed by atoms with Crippen LogP contribution in [0, 0.1) is 0 Å². The highest BCUT2D eigenvalue weighted by molar-refractivity contribution is 6.29. The van der Waals surface area contributed by atoms with Crippen molar-refractivity contribution >= 4 is 11.6 Å². The van der Waals surface area contributed by atoms with Crippen molar-refractivity contribution in [1.29, 1.82) is 0 Å². The number of halogens is 1. The molecule has 0 saturated heterocycles. The van der Waals surface area contributed by atoms with Crippen LogP contribution in [-0.4, -0.2) is 15.6 Å². The molecule has 84 valence electrons. The maximum atomic E-state index is 5.87. The van der Waals surface area contributed by atoms with E-state index in [0.29, 0.717) is 16.9 Å². The third-order valence-electron chi connectivity index (χ3n) is 2.27. The molecule has 0 fully saturated rings. The number of hydrogen-bond acceptors (Lipinski definition) is 3. The van der Waals surface area contributed by atoms with E-state index in [0.717, 1.165) is 12.8 Å². The maximum absolute atomic E-state index is 5.87. The number of aromatic nitrogens is 2. The van der Waals surface area contributed by atoms with Gasteiger partial charge in [-0.1, -0.05) is 25.4 Å². The third-order valence-corrected chi connectivity index (χ3v) is 2.46. The summed E-state index contributed by atoms with van der Waals surface area (Å²) in [6.07, 6.45) is 1.67. The van der Waals surface area contributed by atoms with Gasteiger partial charge in [-0.3, -0.25) is 0 Å². The van der Waals surface area contributed by atoms with Crippen molar-refractivity contribution in [3.05, 3.63) is 17.0 Å². The van der Waals surface area contributed by atoms with Crippen LogP contribution in [0.5, 0.6) is 5.88 Å². The molecule has 0 spiro atoms. The number of hydrogen-bond donors (Lipinski definition) is 0. The van der Waals surface area contributed by atoms with Crippen LogP contribution in [0.3, 0.4) is 0 Å². The molecule has 0 atom stereocenters. The molecule has 0 aliphatic rings. The number of ether oxygens (including phenoxy) is 1. The maximum Gasteiger partial charge on any atom is 0.218 e. The van der Waals surface area contributed by atoms with E-state index in [1.165, 1.54) is 0 Å². The van der Waals surface area contributed by atoms with Crippen molar-refractivity contribution in [2.45, 2.75) is 46.1 Å². The van der Waals surface area contributed by atoms with E-state index in [4.69, 9.17) is 16.3 Å². The summed E-state index contributed by atoms with van der Waals surface area (Å²) < 4.78 is 5.74. The smallest absolute Gasteiger partial charge is 0.218 e. The first kappa shape index (κ1) is 12.2. The van der Waals surface area contributed by atoms with Crippen LogP contribution in [-0.2, 0) is 6.42 Å². The van der Waals surface area contributed by atoms with Crippen LogP contribution in [0.2, 0.25) is 5.15 Å². The van der Waals surface area contributed by atoms with E-state index < -0.39 is 0 Å². The van der Waals surface area contributed by atoms with Gasteiger partial charge in [0.25, 0.3) is 0 Å². The topological polar surface area (TPSA) is 35.0 Å². The zero-order valence-electron chi connectivity index (χ0n) is 9.67. The molecule has 3 nitrogen and oxygen atoms in total. The summed E-state index contributed by atoms with van der Waals surface area (Å²) in [5.74, 6) is 1.27. The lowest BCUT2D eigenvalue weighted by atomic mass is 10.1. The van der Waals surface area contributed by atoms with Gasteiger partial charge in [0, 0.05) is 12.5 Å². The van der Waals surface area contributed by atoms with E-state index in [1.807, 2.05) is 20.8 Å². The Balaban J connectivity index is 2.90. The molecule has 1 aromatic heterocycles. The normalized spacial score (nSPS) is 11.5. The van der Waals surface area contributed by atoms with Crippen molar-refractivity contribution in [3.63, 3.8) is 0 Å². The lowest BCUT2D eigenvalue weighted by Gasteiger charge is -2.24. The van der Waals surface area contributed by atoms with Gasteiger partial charge in [0.05, 0.1) is 0 Å². The summed E-state index contributed by atoms with van der Waals surface area (Å²) in [6.45, 7) is 8.10. The summed E-state index contributed by atoms with van der Waals surface area (Å²) in [4.78, 5) is 8.35. The molecule has 0 amide bonds. The van der Waals surface area contributed by atoms with Gasteiger partial charge in [0.1, 0.15) is 16.6 Å². The largest absolute Gasteiger partial charge is 0.472 e. The van der Waals surface area contributed by atoms with Gasteiger partial charge in [-0.2, -0.15) is 4.98 Å². The Morgan fingerprint density at radius 1 is 1.33 bits per heavy atom. The fourth-order valence-corrected chi connectivity index (χ4v) is 1.20. The Hall–Kier alpha value is -0.830. The molecule has 0 radical (unpaired) electrons. The van der Waals surface area contributed by atoms with E-state index in [9.17, 15) is 0 Å². The minimum absolute atomic E-state index is 0.220. The highest BCUT2D eigenvalue weighted by Gasteiger charge is 2.18. The fourth-order valence-electron chi connectivity index (χ4n) is 1.01. The quantitative estimate of drug-likeness (QED) is 0.742. The molecule has 0 saturated carbocycles. The molecule has 15 heavy (non-hydrogen) atoms. The first-order valence-corrected chi connectivity index (χ1v) is 5.57. The molecule has 0 bridgehead atoms. The molecule has 0 aromatic carbocycles. The molecule has 0 N–H and O–H groups in total. The third kappa shape index (κ3) is 3.67. The summed E-state index contributed by atoms with van der Waals surface area (Å²) in [7, 11) is 0. The standard InChI is InChI=1S/C11H17ClN2O/c1-5-9-13-8(12)7-10(14-9)15-11(3,4)6-2/h7H,5-6H2,1-4H3. The lowest BCUT2D eigenvalue weighted by molar-refractivity contribution is 0.0985. The van der Waals surface area contributed by atoms with Gasteiger partial charge in [-0.25, -0.2) is 4.98 Å². The zero-order chi connectivity index (χ0) is 11.5. The summed E-state index contributed by atoms with van der Waals surface area (Å²) in [5, 5.41) is 0.434. The van der Waals surface area contributed by atoms with Crippen molar-refractivity contribution in [2.75, 3.05) is 0 Å². The van der Waals surface area contributed by atoms with Crippen LogP contribution in [0.1, 0.15) is 39.9 Å². The molecule has 1 rings (SSSR count). The summed E-state index contributed by atoms with van der Waals surface area (Å²) >= 11 is 5.87. The van der Waals surface area contributed by atoms with E-state index in [-0.39, 0.29) is 5.60 Å². The van der Waals surface area contributed by atoms with Crippen molar-refractivity contribution in [2.24, 2.45) is 0 Å². The number of aryl methyl sites for hydroxylation is 1. The van der Waals surface area contributed by atoms with Crippen molar-refractivity contribution in [1.82, 2.24) is 9.97 Å². The van der Waals surface area contributed by atoms with Gasteiger partial charge in [0.15, 0.2) is 0 Å². The molecule has 1 aromatic rings. The van der Waals surface area contributed by atoms with Crippen LogP contribution in [0.15, 0.2) is 6.07 Å². The summed E-state index contributed by atoms with van der Waals surface area (Å²) in [6, 6.07) is 1.65. The Morgan fingerprint density at radius 3 is 2.53 bits per heavy atom. The monoisotopic (exact) mass is 228 g/mol. The second kappa shape index (κ2) is 4.79. The van der Waals surface area contributed by atoms with Gasteiger partial charge >= 0.3 is 0 Å². The first-order valence-electron chi connectivity index (χ1n) is 5.19. The van der Waals surface area contributed by atoms with Crippen LogP contribution in [0.4, 0.5) is 0 Å². The second-order valence-electron chi connectivity index (χ2n) is 4.01. The van der Waals surface area contributed by atoms with Crippen molar-refractivity contribution < 1.29 is 4.74 Å². The Labute approximate surface area is 95.8 Å². The average Bonchev–Trinajstić information content (AvgIpc) is 2.16. The highest BCUT2D eigenvalue weighted by Crippen LogP contribution is 2.21. The number of rotatable bonds is 4. The molecule has 0 aliphatic heterocycles. The second-order valence-corrected chi connectivity index (χ2v) is 4.40. The van der Waals surface area contributed by atoms with Crippen LogP contribution in [0.25, 0.3) is 0 Å². The van der Waals surface area contributed by atoms with Gasteiger partial charge in [-0.05, 0) is 20.3 Å². The first-order chi connectivity index (χ1) is 6.96. The van der Waals surface area contributed by atoms with Gasteiger partial charge < -0.3 is 4.74 Å². The Bertz CT molecular complexity index is 339. The molecule has 1 heterocycles. The SMILES string of the molecule is CCc1nc(Cl)cc(OC(C)(C)CC)n1. The molecule has 0 unspecified atom stereocenters. The predicted octanol–water partition coefficient (Wildman–Crippen LogP) is 3.26. The van der Waals surface area contributed by atoms with Crippen molar-refractivity contribution in [3.8, 4) is 5.88 Å². The fraction of sp³-hybridized carbons (Fsp3) is 0.636. The van der Waals surface area contributed by atoms with Gasteiger partial charge in [-0.15, -0.1) is 0 Å². The van der Waals surface area contributed by atoms with E-state index in [2.05, 4.69) is 16.9 Å². The predicted molar refractivity (Wildman–Crippen MR) is 61.4 cm³/mol. The lowest BCUT2D eigenvalue weighted by Crippen LogP contribution is -2.27. The van der Waals surface area contributed by atoms with Crippen LogP contribution >= 0.6 is 11.6 Å².